The molecule has 3 nitrogen and oxygen atoms in total. The molecule has 0 N–H and O–H groups in total. The van der Waals surface area contributed by atoms with Crippen molar-refractivity contribution in [3.63, 3.8) is 0 Å². The van der Waals surface area contributed by atoms with E-state index in [1.54, 1.807) is 12.1 Å². The molecular formula is C11H13BrFNO2. The summed E-state index contributed by atoms with van der Waals surface area (Å²) in [6, 6.07) is 4.68. The summed E-state index contributed by atoms with van der Waals surface area (Å²) < 4.78 is 24.0. The second-order valence-electron chi connectivity index (χ2n) is 3.06. The van der Waals surface area contributed by atoms with Gasteiger partial charge in [-0.3, -0.25) is 4.99 Å². The van der Waals surface area contributed by atoms with E-state index in [0.717, 1.165) is 4.47 Å². The summed E-state index contributed by atoms with van der Waals surface area (Å²) in [7, 11) is 3.06. The Bertz CT molecular complexity index is 367. The van der Waals surface area contributed by atoms with E-state index in [4.69, 9.17) is 9.47 Å². The van der Waals surface area contributed by atoms with Crippen LogP contribution in [0.15, 0.2) is 27.7 Å². The third-order valence-corrected chi connectivity index (χ3v) is 2.46. The standard InChI is InChI=1S/C11H13BrFNO2/c1-15-11(16-2)7-14-6-8-5-9(12)3-4-10(8)13/h3-6,11H,7H2,1-2H3. The van der Waals surface area contributed by atoms with Gasteiger partial charge in [0.2, 0.25) is 0 Å². The number of nitrogens with zero attached hydrogens (tertiary/aromatic N) is 1. The minimum absolute atomic E-state index is 0.307. The highest BCUT2D eigenvalue weighted by molar-refractivity contribution is 9.10. The minimum Gasteiger partial charge on any atom is -0.354 e. The van der Waals surface area contributed by atoms with E-state index < -0.39 is 6.29 Å². The Morgan fingerprint density at radius 2 is 2.12 bits per heavy atom. The van der Waals surface area contributed by atoms with Crippen molar-refractivity contribution in [2.75, 3.05) is 20.8 Å². The Labute approximate surface area is 102 Å². The maximum Gasteiger partial charge on any atom is 0.176 e. The van der Waals surface area contributed by atoms with Crippen LogP contribution < -0.4 is 0 Å². The lowest BCUT2D eigenvalue weighted by Gasteiger charge is -2.09. The molecule has 1 aromatic carbocycles. The number of hydrogen-bond donors (Lipinski definition) is 0. The fourth-order valence-electron chi connectivity index (χ4n) is 1.10. The van der Waals surface area contributed by atoms with Crippen molar-refractivity contribution in [1.29, 1.82) is 0 Å². The van der Waals surface area contributed by atoms with Crippen molar-refractivity contribution in [3.05, 3.63) is 34.1 Å². The lowest BCUT2D eigenvalue weighted by atomic mass is 10.2. The Hall–Kier alpha value is -0.780. The van der Waals surface area contributed by atoms with Crippen LogP contribution in [0.4, 0.5) is 4.39 Å². The number of rotatable bonds is 5. The Morgan fingerprint density at radius 3 is 2.75 bits per heavy atom. The monoisotopic (exact) mass is 289 g/mol. The van der Waals surface area contributed by atoms with Crippen LogP contribution in [0.2, 0.25) is 0 Å². The van der Waals surface area contributed by atoms with Crippen LogP contribution in [0, 0.1) is 5.82 Å². The van der Waals surface area contributed by atoms with E-state index in [0.29, 0.717) is 12.1 Å². The average Bonchev–Trinajstić information content (AvgIpc) is 2.29. The molecule has 88 valence electrons. The molecule has 0 fully saturated rings. The van der Waals surface area contributed by atoms with Crippen LogP contribution in [0.25, 0.3) is 0 Å². The van der Waals surface area contributed by atoms with Gasteiger partial charge in [-0.1, -0.05) is 15.9 Å². The van der Waals surface area contributed by atoms with Gasteiger partial charge in [0.05, 0.1) is 6.54 Å². The molecule has 0 saturated heterocycles. The highest BCUT2D eigenvalue weighted by Gasteiger charge is 2.03. The predicted octanol–water partition coefficient (Wildman–Crippen LogP) is 2.63. The highest BCUT2D eigenvalue weighted by Crippen LogP contribution is 2.13. The van der Waals surface area contributed by atoms with Crippen molar-refractivity contribution in [2.45, 2.75) is 6.29 Å². The highest BCUT2D eigenvalue weighted by atomic mass is 79.9. The lowest BCUT2D eigenvalue weighted by Crippen LogP contribution is -2.16. The van der Waals surface area contributed by atoms with Crippen LogP contribution in [-0.2, 0) is 9.47 Å². The SMILES string of the molecule is COC(CN=Cc1cc(Br)ccc1F)OC. The number of aliphatic imine (C=N–C) groups is 1. The molecule has 1 aromatic rings. The number of halogens is 2. The molecule has 1 rings (SSSR count). The summed E-state index contributed by atoms with van der Waals surface area (Å²) in [5.41, 5.74) is 0.431. The molecule has 0 atom stereocenters. The molecule has 0 unspecified atom stereocenters. The maximum absolute atomic E-state index is 13.3. The summed E-state index contributed by atoms with van der Waals surface area (Å²) in [6.07, 6.45) is 1.07. The smallest absolute Gasteiger partial charge is 0.176 e. The molecule has 5 heteroatoms. The number of benzene rings is 1. The molecule has 0 aliphatic heterocycles. The molecule has 0 aliphatic carbocycles. The first-order valence-electron chi connectivity index (χ1n) is 4.68. The normalized spacial score (nSPS) is 11.6. The van der Waals surface area contributed by atoms with Crippen molar-refractivity contribution in [2.24, 2.45) is 4.99 Å². The second-order valence-corrected chi connectivity index (χ2v) is 3.98. The summed E-state index contributed by atoms with van der Waals surface area (Å²) in [4.78, 5) is 4.05. The fourth-order valence-corrected chi connectivity index (χ4v) is 1.47. The zero-order chi connectivity index (χ0) is 12.0. The number of ether oxygens (including phenoxy) is 2. The van der Waals surface area contributed by atoms with Gasteiger partial charge in [0.1, 0.15) is 5.82 Å². The van der Waals surface area contributed by atoms with Crippen LogP contribution in [0.3, 0.4) is 0 Å². The van der Waals surface area contributed by atoms with Crippen molar-refractivity contribution in [3.8, 4) is 0 Å². The Morgan fingerprint density at radius 1 is 1.44 bits per heavy atom. The fraction of sp³-hybridized carbons (Fsp3) is 0.364. The minimum atomic E-state index is -0.397. The van der Waals surface area contributed by atoms with Gasteiger partial charge >= 0.3 is 0 Å². The van der Waals surface area contributed by atoms with Gasteiger partial charge in [-0.2, -0.15) is 0 Å². The van der Waals surface area contributed by atoms with E-state index in [-0.39, 0.29) is 5.82 Å². The van der Waals surface area contributed by atoms with E-state index in [2.05, 4.69) is 20.9 Å². The second kappa shape index (κ2) is 6.73. The van der Waals surface area contributed by atoms with Crippen LogP contribution in [0.1, 0.15) is 5.56 Å². The van der Waals surface area contributed by atoms with Crippen molar-refractivity contribution in [1.82, 2.24) is 0 Å². The van der Waals surface area contributed by atoms with E-state index in [9.17, 15) is 4.39 Å². The summed E-state index contributed by atoms with van der Waals surface area (Å²) >= 11 is 3.27. The van der Waals surface area contributed by atoms with E-state index in [1.165, 1.54) is 26.5 Å². The van der Waals surface area contributed by atoms with E-state index >= 15 is 0 Å². The molecule has 0 spiro atoms. The molecule has 0 bridgehead atoms. The first-order valence-corrected chi connectivity index (χ1v) is 5.47. The Kier molecular flexibility index (Phi) is 5.59. The first-order chi connectivity index (χ1) is 7.67. The molecule has 0 aromatic heterocycles. The molecular weight excluding hydrogens is 277 g/mol. The third kappa shape index (κ3) is 4.00. The van der Waals surface area contributed by atoms with Gasteiger partial charge in [0.15, 0.2) is 6.29 Å². The van der Waals surface area contributed by atoms with Crippen LogP contribution in [-0.4, -0.2) is 33.3 Å². The molecule has 0 saturated carbocycles. The van der Waals surface area contributed by atoms with Gasteiger partial charge in [-0.15, -0.1) is 0 Å². The molecule has 0 heterocycles. The number of methoxy groups -OCH3 is 2. The average molecular weight is 290 g/mol. The summed E-state index contributed by atoms with van der Waals surface area (Å²) in [6.45, 7) is 0.332. The van der Waals surface area contributed by atoms with Crippen LogP contribution in [0.5, 0.6) is 0 Å². The predicted molar refractivity (Wildman–Crippen MR) is 64.4 cm³/mol. The van der Waals surface area contributed by atoms with E-state index in [1.807, 2.05) is 0 Å². The van der Waals surface area contributed by atoms with Crippen LogP contribution >= 0.6 is 15.9 Å². The van der Waals surface area contributed by atoms with Crippen molar-refractivity contribution >= 4 is 22.1 Å². The van der Waals surface area contributed by atoms with Gasteiger partial charge in [-0.05, 0) is 18.2 Å². The van der Waals surface area contributed by atoms with Gasteiger partial charge < -0.3 is 9.47 Å². The van der Waals surface area contributed by atoms with Gasteiger partial charge in [0.25, 0.3) is 0 Å². The lowest BCUT2D eigenvalue weighted by molar-refractivity contribution is -0.0936. The molecule has 0 amide bonds. The molecule has 0 radical (unpaired) electrons. The zero-order valence-corrected chi connectivity index (χ0v) is 10.7. The summed E-state index contributed by atoms with van der Waals surface area (Å²) in [5.74, 6) is -0.307. The summed E-state index contributed by atoms with van der Waals surface area (Å²) in [5, 5.41) is 0. The maximum atomic E-state index is 13.3. The van der Waals surface area contributed by atoms with Gasteiger partial charge in [-0.25, -0.2) is 4.39 Å². The Balaban J connectivity index is 2.65. The van der Waals surface area contributed by atoms with Gasteiger partial charge in [0, 0.05) is 30.5 Å². The molecule has 16 heavy (non-hydrogen) atoms. The quantitative estimate of drug-likeness (QED) is 0.616. The van der Waals surface area contributed by atoms with Crippen molar-refractivity contribution < 1.29 is 13.9 Å². The number of hydrogen-bond acceptors (Lipinski definition) is 3. The topological polar surface area (TPSA) is 30.8 Å². The zero-order valence-electron chi connectivity index (χ0n) is 9.11. The largest absolute Gasteiger partial charge is 0.354 e. The molecule has 0 aliphatic rings. The first kappa shape index (κ1) is 13.3. The third-order valence-electron chi connectivity index (χ3n) is 1.97.